The summed E-state index contributed by atoms with van der Waals surface area (Å²) in [5.41, 5.74) is 3.64. The summed E-state index contributed by atoms with van der Waals surface area (Å²) in [5.74, 6) is -0.987. The van der Waals surface area contributed by atoms with Crippen molar-refractivity contribution in [3.8, 4) is 0 Å². The number of carboxylic acids is 1. The van der Waals surface area contributed by atoms with Crippen LogP contribution in [0.25, 0.3) is 5.65 Å². The largest absolute Gasteiger partial charge is 0.476 e. The molecule has 0 saturated carbocycles. The fraction of sp³-hybridized carbons (Fsp3) is 0.263. The molecule has 0 amide bonds. The molecular weight excluding hydrogens is 332 g/mol. The van der Waals surface area contributed by atoms with Gasteiger partial charge in [-0.2, -0.15) is 0 Å². The van der Waals surface area contributed by atoms with Crippen molar-refractivity contribution in [2.75, 3.05) is 36.5 Å². The van der Waals surface area contributed by atoms with E-state index in [0.29, 0.717) is 17.9 Å². The van der Waals surface area contributed by atoms with Crippen molar-refractivity contribution in [3.63, 3.8) is 0 Å². The molecule has 2 N–H and O–H groups in total. The molecule has 3 heterocycles. The number of rotatable bonds is 5. The summed E-state index contributed by atoms with van der Waals surface area (Å²) in [6.45, 7) is 3.88. The molecule has 0 spiro atoms. The number of fused-ring (bicyclic) bond motifs is 1. The normalized spacial score (nSPS) is 14.5. The number of carboxylic acid groups (broad SMARTS) is 1. The fourth-order valence-electron chi connectivity index (χ4n) is 3.20. The molecule has 1 aliphatic heterocycles. The first-order valence-electron chi connectivity index (χ1n) is 8.57. The molecule has 0 aliphatic carbocycles. The Morgan fingerprint density at radius 1 is 1.15 bits per heavy atom. The lowest BCUT2D eigenvalue weighted by Gasteiger charge is -2.28. The highest BCUT2D eigenvalue weighted by atomic mass is 16.5. The monoisotopic (exact) mass is 352 g/mol. The summed E-state index contributed by atoms with van der Waals surface area (Å²) in [5, 5.41) is 12.8. The Morgan fingerprint density at radius 2 is 1.92 bits per heavy atom. The summed E-state index contributed by atoms with van der Waals surface area (Å²) < 4.78 is 6.96. The van der Waals surface area contributed by atoms with Crippen LogP contribution in [0.2, 0.25) is 0 Å². The van der Waals surface area contributed by atoms with Gasteiger partial charge in [0.1, 0.15) is 5.65 Å². The van der Waals surface area contributed by atoms with E-state index in [1.165, 1.54) is 5.69 Å². The van der Waals surface area contributed by atoms with Gasteiger partial charge in [-0.1, -0.05) is 12.1 Å². The van der Waals surface area contributed by atoms with E-state index in [2.05, 4.69) is 39.5 Å². The minimum absolute atomic E-state index is 0.185. The van der Waals surface area contributed by atoms with Crippen LogP contribution in [0.5, 0.6) is 0 Å². The number of morpholine rings is 1. The molecule has 1 aliphatic rings. The number of pyridine rings is 1. The number of nitrogens with zero attached hydrogens (tertiary/aromatic N) is 3. The number of hydrogen-bond acceptors (Lipinski definition) is 5. The minimum Gasteiger partial charge on any atom is -0.476 e. The minimum atomic E-state index is -0.987. The number of carbonyl (C=O) groups is 1. The molecule has 7 nitrogen and oxygen atoms in total. The first kappa shape index (κ1) is 16.4. The first-order valence-corrected chi connectivity index (χ1v) is 8.57. The van der Waals surface area contributed by atoms with Gasteiger partial charge in [0.25, 0.3) is 0 Å². The van der Waals surface area contributed by atoms with E-state index in [0.717, 1.165) is 31.9 Å². The van der Waals surface area contributed by atoms with Crippen LogP contribution < -0.4 is 10.2 Å². The predicted molar refractivity (Wildman–Crippen MR) is 99.0 cm³/mol. The third kappa shape index (κ3) is 3.21. The van der Waals surface area contributed by atoms with Gasteiger partial charge < -0.3 is 20.1 Å². The number of anilines is 2. The number of ether oxygens (including phenoxy) is 1. The van der Waals surface area contributed by atoms with Crippen LogP contribution >= 0.6 is 0 Å². The molecule has 1 saturated heterocycles. The second kappa shape index (κ2) is 7.05. The lowest BCUT2D eigenvalue weighted by Crippen LogP contribution is -2.36. The van der Waals surface area contributed by atoms with E-state index in [1.54, 1.807) is 28.9 Å². The first-order chi connectivity index (χ1) is 12.7. The Labute approximate surface area is 150 Å². The average molecular weight is 352 g/mol. The van der Waals surface area contributed by atoms with Gasteiger partial charge >= 0.3 is 5.97 Å². The Kier molecular flexibility index (Phi) is 4.45. The molecule has 0 unspecified atom stereocenters. The summed E-state index contributed by atoms with van der Waals surface area (Å²) in [4.78, 5) is 18.1. The molecule has 1 aromatic carbocycles. The second-order valence-electron chi connectivity index (χ2n) is 6.18. The average Bonchev–Trinajstić information content (AvgIpc) is 3.15. The number of aromatic nitrogens is 2. The van der Waals surface area contributed by atoms with Crippen LogP contribution in [0.15, 0.2) is 48.8 Å². The van der Waals surface area contributed by atoms with Crippen molar-refractivity contribution in [3.05, 3.63) is 60.0 Å². The van der Waals surface area contributed by atoms with E-state index in [1.807, 2.05) is 0 Å². The molecule has 0 bridgehead atoms. The lowest BCUT2D eigenvalue weighted by molar-refractivity contribution is 0.0690. The summed E-state index contributed by atoms with van der Waals surface area (Å²) in [7, 11) is 0. The Bertz CT molecular complexity index is 914. The fourth-order valence-corrected chi connectivity index (χ4v) is 3.20. The van der Waals surface area contributed by atoms with E-state index in [4.69, 9.17) is 4.74 Å². The standard InChI is InChI=1S/C19H20N4O3/c24-19(25)18-16(5-6-17-20-7-8-23(17)18)21-13-14-1-3-15(4-2-14)22-9-11-26-12-10-22/h1-8,21H,9-13H2,(H,24,25). The summed E-state index contributed by atoms with van der Waals surface area (Å²) in [6.07, 6.45) is 3.25. The van der Waals surface area contributed by atoms with Crippen molar-refractivity contribution in [2.45, 2.75) is 6.54 Å². The highest BCUT2D eigenvalue weighted by Crippen LogP contribution is 2.20. The Balaban J connectivity index is 1.49. The van der Waals surface area contributed by atoms with Gasteiger partial charge in [0.2, 0.25) is 0 Å². The zero-order valence-electron chi connectivity index (χ0n) is 14.3. The van der Waals surface area contributed by atoms with Crippen LogP contribution in [-0.4, -0.2) is 46.8 Å². The smallest absolute Gasteiger partial charge is 0.355 e. The molecule has 0 radical (unpaired) electrons. The number of benzene rings is 1. The maximum absolute atomic E-state index is 11.7. The highest BCUT2D eigenvalue weighted by molar-refractivity contribution is 5.93. The van der Waals surface area contributed by atoms with Crippen LogP contribution in [0, 0.1) is 0 Å². The predicted octanol–water partition coefficient (Wildman–Crippen LogP) is 2.48. The highest BCUT2D eigenvalue weighted by Gasteiger charge is 2.15. The van der Waals surface area contributed by atoms with Crippen molar-refractivity contribution in [1.82, 2.24) is 9.38 Å². The van der Waals surface area contributed by atoms with Crippen molar-refractivity contribution < 1.29 is 14.6 Å². The van der Waals surface area contributed by atoms with Gasteiger partial charge in [0.05, 0.1) is 18.9 Å². The third-order valence-electron chi connectivity index (χ3n) is 4.56. The van der Waals surface area contributed by atoms with Crippen molar-refractivity contribution in [2.24, 2.45) is 0 Å². The van der Waals surface area contributed by atoms with Crippen molar-refractivity contribution >= 4 is 23.0 Å². The molecule has 26 heavy (non-hydrogen) atoms. The number of hydrogen-bond donors (Lipinski definition) is 2. The van der Waals surface area contributed by atoms with Crippen molar-refractivity contribution in [1.29, 1.82) is 0 Å². The van der Waals surface area contributed by atoms with Gasteiger partial charge in [-0.3, -0.25) is 4.40 Å². The quantitative estimate of drug-likeness (QED) is 0.734. The maximum Gasteiger partial charge on any atom is 0.355 e. The molecular formula is C19H20N4O3. The van der Waals surface area contributed by atoms with Gasteiger partial charge in [-0.25, -0.2) is 9.78 Å². The van der Waals surface area contributed by atoms with Crippen LogP contribution in [0.1, 0.15) is 16.1 Å². The molecule has 1 fully saturated rings. The van der Waals surface area contributed by atoms with E-state index in [9.17, 15) is 9.90 Å². The molecule has 7 heteroatoms. The zero-order valence-corrected chi connectivity index (χ0v) is 14.3. The topological polar surface area (TPSA) is 79.1 Å². The van der Waals surface area contributed by atoms with Crippen LogP contribution in [0.3, 0.4) is 0 Å². The summed E-state index contributed by atoms with van der Waals surface area (Å²) >= 11 is 0. The van der Waals surface area contributed by atoms with E-state index < -0.39 is 5.97 Å². The molecule has 0 atom stereocenters. The van der Waals surface area contributed by atoms with Gasteiger partial charge in [0.15, 0.2) is 5.69 Å². The maximum atomic E-state index is 11.7. The third-order valence-corrected chi connectivity index (χ3v) is 4.56. The molecule has 134 valence electrons. The second-order valence-corrected chi connectivity index (χ2v) is 6.18. The number of nitrogens with one attached hydrogen (secondary N) is 1. The van der Waals surface area contributed by atoms with Crippen LogP contribution in [0.4, 0.5) is 11.4 Å². The Morgan fingerprint density at radius 3 is 2.65 bits per heavy atom. The van der Waals surface area contributed by atoms with Gasteiger partial charge in [-0.15, -0.1) is 0 Å². The number of aromatic carboxylic acids is 1. The summed E-state index contributed by atoms with van der Waals surface area (Å²) in [6, 6.07) is 11.9. The molecule has 2 aromatic heterocycles. The van der Waals surface area contributed by atoms with Crippen LogP contribution in [-0.2, 0) is 11.3 Å². The zero-order chi connectivity index (χ0) is 17.9. The lowest BCUT2D eigenvalue weighted by atomic mass is 10.1. The van der Waals surface area contributed by atoms with Gasteiger partial charge in [-0.05, 0) is 29.8 Å². The Hall–Kier alpha value is -3.06. The SMILES string of the molecule is O=C(O)c1c(NCc2ccc(N3CCOCC3)cc2)ccc2nccn12. The van der Waals surface area contributed by atoms with Gasteiger partial charge in [0, 0.05) is 37.7 Å². The number of imidazole rings is 1. The molecule has 3 aromatic rings. The van der Waals surface area contributed by atoms with E-state index >= 15 is 0 Å². The van der Waals surface area contributed by atoms with E-state index in [-0.39, 0.29) is 5.69 Å². The molecule has 4 rings (SSSR count).